The lowest BCUT2D eigenvalue weighted by atomic mass is 10.2. The van der Waals surface area contributed by atoms with E-state index < -0.39 is 0 Å². The van der Waals surface area contributed by atoms with E-state index in [1.807, 2.05) is 6.07 Å². The van der Waals surface area contributed by atoms with Crippen molar-refractivity contribution in [3.63, 3.8) is 0 Å². The Morgan fingerprint density at radius 1 is 1.15 bits per heavy atom. The van der Waals surface area contributed by atoms with Gasteiger partial charge in [0.2, 0.25) is 0 Å². The molecular formula is C18H18N6O3. The van der Waals surface area contributed by atoms with Gasteiger partial charge in [-0.05, 0) is 46.8 Å². The second-order valence-electron chi connectivity index (χ2n) is 5.87. The second kappa shape index (κ2) is 8.09. The molecule has 0 unspecified atom stereocenters. The van der Waals surface area contributed by atoms with Crippen LogP contribution in [0.1, 0.15) is 10.4 Å². The first kappa shape index (κ1) is 18.1. The molecule has 1 heterocycles. The standard InChI is InChI=1S/C18H18N6O3/c1-23(2)18(26)13-6-8-14(9-7-13)20-17(25)11-27-16-5-3-4-15(10-16)24-12-19-21-22-24/h3-10,12H,11H2,1-2H3,(H,20,25). The van der Waals surface area contributed by atoms with Gasteiger partial charge >= 0.3 is 0 Å². The molecule has 0 fully saturated rings. The Bertz CT molecular complexity index is 923. The summed E-state index contributed by atoms with van der Waals surface area (Å²) in [4.78, 5) is 25.4. The average Bonchev–Trinajstić information content (AvgIpc) is 3.21. The fourth-order valence-corrected chi connectivity index (χ4v) is 2.30. The summed E-state index contributed by atoms with van der Waals surface area (Å²) in [5, 5.41) is 13.7. The molecule has 27 heavy (non-hydrogen) atoms. The molecule has 2 amide bonds. The maximum absolute atomic E-state index is 12.1. The highest BCUT2D eigenvalue weighted by Gasteiger charge is 2.09. The second-order valence-corrected chi connectivity index (χ2v) is 5.87. The Hall–Kier alpha value is -3.75. The zero-order valence-corrected chi connectivity index (χ0v) is 14.9. The third kappa shape index (κ3) is 4.66. The molecule has 0 saturated heterocycles. The fourth-order valence-electron chi connectivity index (χ4n) is 2.30. The molecule has 138 valence electrons. The fraction of sp³-hybridized carbons (Fsp3) is 0.167. The number of nitrogens with one attached hydrogen (secondary N) is 1. The molecule has 1 N–H and O–H groups in total. The van der Waals surface area contributed by atoms with Crippen molar-refractivity contribution in [2.45, 2.75) is 0 Å². The molecule has 9 nitrogen and oxygen atoms in total. The lowest BCUT2D eigenvalue weighted by molar-refractivity contribution is -0.118. The number of benzene rings is 2. The summed E-state index contributed by atoms with van der Waals surface area (Å²) < 4.78 is 7.01. The van der Waals surface area contributed by atoms with Crippen LogP contribution < -0.4 is 10.1 Å². The predicted molar refractivity (Wildman–Crippen MR) is 97.7 cm³/mol. The molecule has 0 aliphatic rings. The lowest BCUT2D eigenvalue weighted by Crippen LogP contribution is -2.22. The van der Waals surface area contributed by atoms with Crippen molar-refractivity contribution in [1.29, 1.82) is 0 Å². The van der Waals surface area contributed by atoms with Gasteiger partial charge in [-0.1, -0.05) is 6.07 Å². The van der Waals surface area contributed by atoms with Gasteiger partial charge in [0.25, 0.3) is 11.8 Å². The first-order valence-electron chi connectivity index (χ1n) is 8.11. The van der Waals surface area contributed by atoms with Crippen LogP contribution in [-0.4, -0.2) is 57.6 Å². The van der Waals surface area contributed by atoms with Gasteiger partial charge in [0.1, 0.15) is 12.1 Å². The summed E-state index contributed by atoms with van der Waals surface area (Å²) in [6.07, 6.45) is 1.47. The largest absolute Gasteiger partial charge is 0.484 e. The molecule has 0 radical (unpaired) electrons. The number of amides is 2. The average molecular weight is 366 g/mol. The van der Waals surface area contributed by atoms with Crippen LogP contribution in [0.2, 0.25) is 0 Å². The van der Waals surface area contributed by atoms with E-state index in [0.717, 1.165) is 5.69 Å². The molecule has 0 aliphatic carbocycles. The zero-order valence-electron chi connectivity index (χ0n) is 14.9. The Morgan fingerprint density at radius 2 is 1.93 bits per heavy atom. The zero-order chi connectivity index (χ0) is 19.2. The van der Waals surface area contributed by atoms with Crippen LogP contribution in [0.3, 0.4) is 0 Å². The van der Waals surface area contributed by atoms with Crippen molar-refractivity contribution in [2.75, 3.05) is 26.0 Å². The number of hydrogen-bond donors (Lipinski definition) is 1. The third-order valence-corrected chi connectivity index (χ3v) is 3.62. The molecular weight excluding hydrogens is 348 g/mol. The van der Waals surface area contributed by atoms with E-state index in [9.17, 15) is 9.59 Å². The molecule has 0 saturated carbocycles. The Kier molecular flexibility index (Phi) is 5.41. The monoisotopic (exact) mass is 366 g/mol. The number of rotatable bonds is 6. The van der Waals surface area contributed by atoms with Gasteiger partial charge in [-0.25, -0.2) is 4.68 Å². The van der Waals surface area contributed by atoms with Gasteiger partial charge in [-0.2, -0.15) is 0 Å². The number of hydrogen-bond acceptors (Lipinski definition) is 6. The molecule has 2 aromatic carbocycles. The first-order valence-corrected chi connectivity index (χ1v) is 8.11. The Balaban J connectivity index is 1.56. The van der Waals surface area contributed by atoms with Crippen LogP contribution >= 0.6 is 0 Å². The highest BCUT2D eigenvalue weighted by atomic mass is 16.5. The van der Waals surface area contributed by atoms with E-state index in [-0.39, 0.29) is 18.4 Å². The van der Waals surface area contributed by atoms with E-state index in [0.29, 0.717) is 17.0 Å². The maximum Gasteiger partial charge on any atom is 0.262 e. The minimum atomic E-state index is -0.311. The van der Waals surface area contributed by atoms with Gasteiger partial charge in [0.15, 0.2) is 6.61 Å². The molecule has 3 aromatic rings. The predicted octanol–water partition coefficient (Wildman–Crippen LogP) is 1.38. The van der Waals surface area contributed by atoms with Crippen LogP contribution in [0.5, 0.6) is 5.75 Å². The molecule has 0 aliphatic heterocycles. The Labute approximate surface area is 155 Å². The highest BCUT2D eigenvalue weighted by molar-refractivity contribution is 5.95. The van der Waals surface area contributed by atoms with E-state index in [1.165, 1.54) is 15.9 Å². The molecule has 0 atom stereocenters. The van der Waals surface area contributed by atoms with Gasteiger partial charge in [0, 0.05) is 31.4 Å². The molecule has 9 heteroatoms. The van der Waals surface area contributed by atoms with E-state index in [4.69, 9.17) is 4.74 Å². The minimum Gasteiger partial charge on any atom is -0.484 e. The van der Waals surface area contributed by atoms with Crippen molar-refractivity contribution >= 4 is 17.5 Å². The Morgan fingerprint density at radius 3 is 2.59 bits per heavy atom. The van der Waals surface area contributed by atoms with Crippen molar-refractivity contribution in [2.24, 2.45) is 0 Å². The van der Waals surface area contributed by atoms with Crippen molar-refractivity contribution < 1.29 is 14.3 Å². The summed E-state index contributed by atoms with van der Waals surface area (Å²) in [6, 6.07) is 13.7. The number of tetrazole rings is 1. The SMILES string of the molecule is CN(C)C(=O)c1ccc(NC(=O)COc2cccc(-n3cnnn3)c2)cc1. The molecule has 3 rings (SSSR count). The summed E-state index contributed by atoms with van der Waals surface area (Å²) in [6.45, 7) is -0.155. The number of carbonyl (C=O) groups excluding carboxylic acids is 2. The van der Waals surface area contributed by atoms with Crippen molar-refractivity contribution in [3.8, 4) is 11.4 Å². The van der Waals surface area contributed by atoms with Gasteiger partial charge in [-0.15, -0.1) is 5.10 Å². The smallest absolute Gasteiger partial charge is 0.262 e. The maximum atomic E-state index is 12.1. The lowest BCUT2D eigenvalue weighted by Gasteiger charge is -2.11. The van der Waals surface area contributed by atoms with Crippen LogP contribution in [0.25, 0.3) is 5.69 Å². The number of carbonyl (C=O) groups is 2. The number of aromatic nitrogens is 4. The summed E-state index contributed by atoms with van der Waals surface area (Å²) in [7, 11) is 3.37. The van der Waals surface area contributed by atoms with Crippen molar-refractivity contribution in [1.82, 2.24) is 25.1 Å². The normalized spacial score (nSPS) is 10.3. The molecule has 0 spiro atoms. The molecule has 1 aromatic heterocycles. The minimum absolute atomic E-state index is 0.0985. The van der Waals surface area contributed by atoms with E-state index in [2.05, 4.69) is 20.8 Å². The number of nitrogens with zero attached hydrogens (tertiary/aromatic N) is 5. The summed E-state index contributed by atoms with van der Waals surface area (Å²) in [5.41, 5.74) is 1.86. The topological polar surface area (TPSA) is 102 Å². The summed E-state index contributed by atoms with van der Waals surface area (Å²) in [5.74, 6) is 0.110. The van der Waals surface area contributed by atoms with Crippen LogP contribution in [0, 0.1) is 0 Å². The van der Waals surface area contributed by atoms with Crippen LogP contribution in [0.4, 0.5) is 5.69 Å². The highest BCUT2D eigenvalue weighted by Crippen LogP contribution is 2.16. The number of ether oxygens (including phenoxy) is 1. The van der Waals surface area contributed by atoms with Crippen molar-refractivity contribution in [3.05, 3.63) is 60.4 Å². The quantitative estimate of drug-likeness (QED) is 0.707. The number of anilines is 1. The van der Waals surface area contributed by atoms with Gasteiger partial charge in [-0.3, -0.25) is 9.59 Å². The van der Waals surface area contributed by atoms with Crippen LogP contribution in [-0.2, 0) is 4.79 Å². The van der Waals surface area contributed by atoms with Gasteiger partial charge < -0.3 is 15.0 Å². The molecule has 0 bridgehead atoms. The van der Waals surface area contributed by atoms with E-state index >= 15 is 0 Å². The third-order valence-electron chi connectivity index (χ3n) is 3.62. The van der Waals surface area contributed by atoms with Crippen LogP contribution in [0.15, 0.2) is 54.9 Å². The summed E-state index contributed by atoms with van der Waals surface area (Å²) >= 11 is 0. The van der Waals surface area contributed by atoms with Gasteiger partial charge in [0.05, 0.1) is 5.69 Å². The van der Waals surface area contributed by atoms with E-state index in [1.54, 1.807) is 56.6 Å². The first-order chi connectivity index (χ1) is 13.0.